The number of rotatable bonds is 10. The first kappa shape index (κ1) is 24.1. The van der Waals surface area contributed by atoms with Gasteiger partial charge in [0.1, 0.15) is 11.6 Å². The Balaban J connectivity index is 0.00000301. The summed E-state index contributed by atoms with van der Waals surface area (Å²) in [6.45, 7) is 10.6. The number of nitrogens with one attached hydrogen (secondary N) is 1. The van der Waals surface area contributed by atoms with E-state index in [4.69, 9.17) is 4.74 Å². The second kappa shape index (κ2) is 14.3. The maximum atomic E-state index is 12.2. The summed E-state index contributed by atoms with van der Waals surface area (Å²) in [4.78, 5) is 17.4. The molecular formula is C20H33N3O2S. The van der Waals surface area contributed by atoms with Crippen LogP contribution in [0.5, 0.6) is 0 Å². The van der Waals surface area contributed by atoms with Gasteiger partial charge in [0.2, 0.25) is 0 Å². The number of carbonyl (C=O) groups excluding carboxylic acids is 1. The Morgan fingerprint density at radius 2 is 2.08 bits per heavy atom. The topological polar surface area (TPSA) is 75.0 Å². The number of thiazole rings is 1. The number of aryl methyl sites for hydroxylation is 1. The van der Waals surface area contributed by atoms with Gasteiger partial charge in [-0.1, -0.05) is 65.2 Å². The first-order valence-corrected chi connectivity index (χ1v) is 10.4. The molecule has 1 aromatic rings. The molecule has 1 unspecified atom stereocenters. The molecule has 0 bridgehead atoms. The van der Waals surface area contributed by atoms with Crippen molar-refractivity contribution in [3.63, 3.8) is 0 Å². The van der Waals surface area contributed by atoms with E-state index in [0.717, 1.165) is 47.8 Å². The van der Waals surface area contributed by atoms with Gasteiger partial charge in [-0.2, -0.15) is 5.26 Å². The predicted octanol–water partition coefficient (Wildman–Crippen LogP) is 5.44. The molecule has 0 fully saturated rings. The summed E-state index contributed by atoms with van der Waals surface area (Å²) in [5.74, 6) is -0.187. The first-order chi connectivity index (χ1) is 12.6. The smallest absolute Gasteiger partial charge is 0.348 e. The average Bonchev–Trinajstić information content (AvgIpc) is 3.09. The van der Waals surface area contributed by atoms with E-state index in [1.165, 1.54) is 11.3 Å². The number of aromatic nitrogens is 1. The zero-order valence-electron chi connectivity index (χ0n) is 17.0. The summed E-state index contributed by atoms with van der Waals surface area (Å²) in [5, 5.41) is 13.1. The van der Waals surface area contributed by atoms with Crippen LogP contribution in [0.2, 0.25) is 0 Å². The van der Waals surface area contributed by atoms with Crippen molar-refractivity contribution < 1.29 is 9.53 Å². The lowest BCUT2D eigenvalue weighted by Crippen LogP contribution is -2.15. The molecule has 0 aromatic carbocycles. The molecule has 0 radical (unpaired) electrons. The highest BCUT2D eigenvalue weighted by Gasteiger charge is 2.16. The van der Waals surface area contributed by atoms with E-state index in [9.17, 15) is 10.1 Å². The molecule has 0 aliphatic rings. The van der Waals surface area contributed by atoms with Gasteiger partial charge in [0, 0.05) is 7.05 Å². The van der Waals surface area contributed by atoms with Crippen molar-refractivity contribution in [2.45, 2.75) is 66.7 Å². The Kier molecular flexibility index (Phi) is 13.3. The number of nitriles is 1. The molecule has 0 aliphatic carbocycles. The third-order valence-corrected chi connectivity index (χ3v) is 4.95. The molecule has 1 heterocycles. The highest BCUT2D eigenvalue weighted by atomic mass is 32.1. The molecule has 0 saturated carbocycles. The van der Waals surface area contributed by atoms with Gasteiger partial charge in [-0.25, -0.2) is 9.78 Å². The minimum Gasteiger partial charge on any atom is -0.461 e. The van der Waals surface area contributed by atoms with Crippen LogP contribution in [0.3, 0.4) is 0 Å². The van der Waals surface area contributed by atoms with Gasteiger partial charge >= 0.3 is 5.97 Å². The fraction of sp³-hybridized carbons (Fsp3) is 0.650. The summed E-state index contributed by atoms with van der Waals surface area (Å²) in [6, 6.07) is 1.96. The van der Waals surface area contributed by atoms with Crippen LogP contribution in [0, 0.1) is 17.2 Å². The fourth-order valence-electron chi connectivity index (χ4n) is 2.27. The van der Waals surface area contributed by atoms with Gasteiger partial charge in [0.05, 0.1) is 17.2 Å². The van der Waals surface area contributed by atoms with E-state index in [1.54, 1.807) is 13.1 Å². The van der Waals surface area contributed by atoms with E-state index in [1.807, 2.05) is 26.8 Å². The third-order valence-electron chi connectivity index (χ3n) is 3.89. The van der Waals surface area contributed by atoms with Gasteiger partial charge in [-0.15, -0.1) is 0 Å². The van der Waals surface area contributed by atoms with Gasteiger partial charge in [0.25, 0.3) is 0 Å². The molecule has 0 spiro atoms. The number of esters is 1. The lowest BCUT2D eigenvalue weighted by molar-refractivity contribution is -0.139. The van der Waals surface area contributed by atoms with E-state index >= 15 is 0 Å². The molecule has 146 valence electrons. The van der Waals surface area contributed by atoms with Gasteiger partial charge in [-0.3, -0.25) is 0 Å². The van der Waals surface area contributed by atoms with Crippen molar-refractivity contribution in [1.29, 1.82) is 5.26 Å². The number of ether oxygens (including phenoxy) is 1. The number of hydrogen-bond acceptors (Lipinski definition) is 6. The number of nitrogens with zero attached hydrogens (tertiary/aromatic N) is 2. The lowest BCUT2D eigenvalue weighted by Gasteiger charge is -2.14. The van der Waals surface area contributed by atoms with Crippen LogP contribution in [0.1, 0.15) is 70.9 Å². The summed E-state index contributed by atoms with van der Waals surface area (Å²) in [5.41, 5.74) is 0.903. The SMILES string of the molecule is CC.CCCCC(CC)COC(=O)/C(C#N)=C/c1sc(NC)nc1CC. The van der Waals surface area contributed by atoms with Crippen LogP contribution in [0.15, 0.2) is 5.57 Å². The normalized spacial score (nSPS) is 11.8. The Morgan fingerprint density at radius 3 is 2.58 bits per heavy atom. The highest BCUT2D eigenvalue weighted by molar-refractivity contribution is 7.16. The maximum Gasteiger partial charge on any atom is 0.348 e. The summed E-state index contributed by atoms with van der Waals surface area (Å²) < 4.78 is 5.36. The van der Waals surface area contributed by atoms with Crippen molar-refractivity contribution in [2.24, 2.45) is 5.92 Å². The average molecular weight is 380 g/mol. The Bertz CT molecular complexity index is 603. The molecule has 0 saturated heterocycles. The molecule has 5 nitrogen and oxygen atoms in total. The fourth-order valence-corrected chi connectivity index (χ4v) is 3.22. The van der Waals surface area contributed by atoms with E-state index in [-0.39, 0.29) is 5.57 Å². The summed E-state index contributed by atoms with van der Waals surface area (Å²) in [6.07, 6.45) is 6.61. The largest absolute Gasteiger partial charge is 0.461 e. The van der Waals surface area contributed by atoms with Crippen molar-refractivity contribution in [1.82, 2.24) is 4.98 Å². The predicted molar refractivity (Wildman–Crippen MR) is 110 cm³/mol. The van der Waals surface area contributed by atoms with Gasteiger partial charge < -0.3 is 10.1 Å². The molecule has 0 aliphatic heterocycles. The van der Waals surface area contributed by atoms with Crippen molar-refractivity contribution in [3.8, 4) is 6.07 Å². The number of unbranched alkanes of at least 4 members (excludes halogenated alkanes) is 1. The second-order valence-corrected chi connectivity index (χ2v) is 6.65. The number of carbonyl (C=O) groups is 1. The summed E-state index contributed by atoms with van der Waals surface area (Å²) >= 11 is 1.43. The standard InChI is InChI=1S/C18H27N3O2S.C2H6/c1-5-8-9-13(6-2)12-23-17(22)14(11-19)10-16-15(7-3)21-18(20-4)24-16;1-2/h10,13H,5-9,12H2,1-4H3,(H,20,21);1-2H3/b14-10+;. The summed E-state index contributed by atoms with van der Waals surface area (Å²) in [7, 11) is 1.80. The monoisotopic (exact) mass is 379 g/mol. The van der Waals surface area contributed by atoms with E-state index in [0.29, 0.717) is 12.5 Å². The molecule has 0 amide bonds. The van der Waals surface area contributed by atoms with E-state index in [2.05, 4.69) is 24.1 Å². The minimum atomic E-state index is -0.547. The van der Waals surface area contributed by atoms with Gasteiger partial charge in [0.15, 0.2) is 5.13 Å². The maximum absolute atomic E-state index is 12.2. The Morgan fingerprint density at radius 1 is 1.38 bits per heavy atom. The Labute approximate surface area is 162 Å². The molecular weight excluding hydrogens is 346 g/mol. The van der Waals surface area contributed by atoms with Crippen molar-refractivity contribution in [2.75, 3.05) is 19.0 Å². The second-order valence-electron chi connectivity index (χ2n) is 5.62. The molecule has 1 rings (SSSR count). The highest BCUT2D eigenvalue weighted by Crippen LogP contribution is 2.26. The van der Waals surface area contributed by atoms with Crippen LogP contribution in [0.4, 0.5) is 5.13 Å². The number of anilines is 1. The minimum absolute atomic E-state index is 0.0290. The van der Waals surface area contributed by atoms with E-state index < -0.39 is 5.97 Å². The zero-order valence-corrected chi connectivity index (χ0v) is 17.8. The quantitative estimate of drug-likeness (QED) is 0.333. The molecule has 1 aromatic heterocycles. The molecule has 1 atom stereocenters. The molecule has 1 N–H and O–H groups in total. The Hall–Kier alpha value is -1.87. The van der Waals surface area contributed by atoms with Crippen LogP contribution >= 0.6 is 11.3 Å². The lowest BCUT2D eigenvalue weighted by atomic mass is 10.0. The molecule has 26 heavy (non-hydrogen) atoms. The van der Waals surface area contributed by atoms with Crippen LogP contribution in [-0.4, -0.2) is 24.6 Å². The molecule has 6 heteroatoms. The first-order valence-electron chi connectivity index (χ1n) is 9.55. The van der Waals surface area contributed by atoms with Crippen LogP contribution < -0.4 is 5.32 Å². The zero-order chi connectivity index (χ0) is 19.9. The third kappa shape index (κ3) is 8.01. The van der Waals surface area contributed by atoms with Crippen LogP contribution in [-0.2, 0) is 16.0 Å². The van der Waals surface area contributed by atoms with Crippen LogP contribution in [0.25, 0.3) is 6.08 Å². The number of hydrogen-bond donors (Lipinski definition) is 1. The van der Waals surface area contributed by atoms with Crippen molar-refractivity contribution in [3.05, 3.63) is 16.1 Å². The van der Waals surface area contributed by atoms with Gasteiger partial charge in [-0.05, 0) is 24.8 Å². The van der Waals surface area contributed by atoms with Crippen molar-refractivity contribution >= 4 is 28.5 Å².